The molecule has 0 radical (unpaired) electrons. The quantitative estimate of drug-likeness (QED) is 0.426. The number of halogens is 1. The fourth-order valence-electron chi connectivity index (χ4n) is 1.74. The Morgan fingerprint density at radius 2 is 2.14 bits per heavy atom. The average molecular weight is 309 g/mol. The number of thioether (sulfide) groups is 1. The van der Waals surface area contributed by atoms with Crippen molar-refractivity contribution in [1.29, 1.82) is 0 Å². The van der Waals surface area contributed by atoms with Gasteiger partial charge in [-0.25, -0.2) is 4.39 Å². The van der Waals surface area contributed by atoms with Gasteiger partial charge in [0.05, 0.1) is 5.75 Å². The lowest BCUT2D eigenvalue weighted by molar-refractivity contribution is 0.102. The van der Waals surface area contributed by atoms with Gasteiger partial charge >= 0.3 is 0 Å². The zero-order valence-corrected chi connectivity index (χ0v) is 12.5. The van der Waals surface area contributed by atoms with E-state index in [0.29, 0.717) is 17.3 Å². The summed E-state index contributed by atoms with van der Waals surface area (Å²) in [5.41, 5.74) is 0.495. The molecular formula is C14H16FN3O2S. The molecule has 2 aromatic rings. The normalized spacial score (nSPS) is 10.8. The molecule has 0 saturated carbocycles. The highest BCUT2D eigenvalue weighted by Crippen LogP contribution is 2.17. The van der Waals surface area contributed by atoms with Crippen LogP contribution < -0.4 is 0 Å². The largest absolute Gasteiger partial charge is 0.385 e. The zero-order valence-electron chi connectivity index (χ0n) is 11.7. The molecule has 0 unspecified atom stereocenters. The van der Waals surface area contributed by atoms with E-state index in [2.05, 4.69) is 10.2 Å². The van der Waals surface area contributed by atoms with E-state index in [1.807, 2.05) is 4.57 Å². The van der Waals surface area contributed by atoms with Crippen LogP contribution in [0.25, 0.3) is 0 Å². The number of methoxy groups -OCH3 is 1. The van der Waals surface area contributed by atoms with Gasteiger partial charge in [0.1, 0.15) is 12.1 Å². The molecular weight excluding hydrogens is 293 g/mol. The van der Waals surface area contributed by atoms with Crippen molar-refractivity contribution >= 4 is 17.5 Å². The molecule has 2 rings (SSSR count). The summed E-state index contributed by atoms with van der Waals surface area (Å²) >= 11 is 1.32. The maximum absolute atomic E-state index is 12.8. The second kappa shape index (κ2) is 7.90. The molecule has 112 valence electrons. The number of benzene rings is 1. The molecule has 0 saturated heterocycles. The van der Waals surface area contributed by atoms with Crippen LogP contribution in [0.2, 0.25) is 0 Å². The van der Waals surface area contributed by atoms with Crippen LogP contribution in [0, 0.1) is 5.82 Å². The van der Waals surface area contributed by atoms with Crippen LogP contribution in [0.5, 0.6) is 0 Å². The van der Waals surface area contributed by atoms with Crippen LogP contribution >= 0.6 is 11.8 Å². The molecule has 0 aliphatic carbocycles. The number of aromatic nitrogens is 3. The Balaban J connectivity index is 1.89. The van der Waals surface area contributed by atoms with Gasteiger partial charge in [0.25, 0.3) is 0 Å². The standard InChI is InChI=1S/C14H16FN3O2S/c1-20-8-2-7-18-10-16-17-14(18)21-9-13(19)11-3-5-12(15)6-4-11/h3-6,10H,2,7-9H2,1H3. The van der Waals surface area contributed by atoms with Crippen LogP contribution in [-0.2, 0) is 11.3 Å². The van der Waals surface area contributed by atoms with Crippen molar-refractivity contribution in [1.82, 2.24) is 14.8 Å². The van der Waals surface area contributed by atoms with E-state index in [0.717, 1.165) is 13.0 Å². The first-order valence-electron chi connectivity index (χ1n) is 6.49. The predicted octanol–water partition coefficient (Wildman–Crippen LogP) is 2.43. The lowest BCUT2D eigenvalue weighted by Gasteiger charge is -2.05. The summed E-state index contributed by atoms with van der Waals surface area (Å²) in [4.78, 5) is 12.0. The van der Waals surface area contributed by atoms with Gasteiger partial charge < -0.3 is 9.30 Å². The van der Waals surface area contributed by atoms with Gasteiger partial charge in [-0.15, -0.1) is 10.2 Å². The maximum Gasteiger partial charge on any atom is 0.191 e. The van der Waals surface area contributed by atoms with Crippen molar-refractivity contribution < 1.29 is 13.9 Å². The minimum absolute atomic E-state index is 0.0635. The first-order valence-corrected chi connectivity index (χ1v) is 7.47. The fourth-order valence-corrected chi connectivity index (χ4v) is 2.57. The average Bonchev–Trinajstić information content (AvgIpc) is 2.93. The minimum atomic E-state index is -0.350. The van der Waals surface area contributed by atoms with E-state index in [1.54, 1.807) is 13.4 Å². The molecule has 0 N–H and O–H groups in total. The number of hydrogen-bond acceptors (Lipinski definition) is 5. The van der Waals surface area contributed by atoms with Crippen LogP contribution in [0.1, 0.15) is 16.8 Å². The number of Topliss-reactive ketones (excluding diaryl/α,β-unsaturated/α-hetero) is 1. The first kappa shape index (κ1) is 15.7. The summed E-state index contributed by atoms with van der Waals surface area (Å²) in [6.07, 6.45) is 2.49. The summed E-state index contributed by atoms with van der Waals surface area (Å²) in [5.74, 6) is -0.169. The van der Waals surface area contributed by atoms with Crippen molar-refractivity contribution in [2.75, 3.05) is 19.5 Å². The number of nitrogens with zero attached hydrogens (tertiary/aromatic N) is 3. The van der Waals surface area contributed by atoms with E-state index >= 15 is 0 Å². The Hall–Kier alpha value is -1.73. The Morgan fingerprint density at radius 3 is 2.86 bits per heavy atom. The van der Waals surface area contributed by atoms with Gasteiger partial charge in [0, 0.05) is 25.8 Å². The summed E-state index contributed by atoms with van der Waals surface area (Å²) in [7, 11) is 1.66. The monoisotopic (exact) mass is 309 g/mol. The lowest BCUT2D eigenvalue weighted by atomic mass is 10.1. The fraction of sp³-hybridized carbons (Fsp3) is 0.357. The number of carbonyl (C=O) groups excluding carboxylic acids is 1. The van der Waals surface area contributed by atoms with Gasteiger partial charge in [0.2, 0.25) is 0 Å². The predicted molar refractivity (Wildman–Crippen MR) is 78.0 cm³/mol. The van der Waals surface area contributed by atoms with Crippen LogP contribution in [0.3, 0.4) is 0 Å². The second-order valence-corrected chi connectivity index (χ2v) is 5.31. The van der Waals surface area contributed by atoms with Gasteiger partial charge in [-0.05, 0) is 30.7 Å². The Labute approximate surface area is 126 Å². The van der Waals surface area contributed by atoms with E-state index in [4.69, 9.17) is 4.74 Å². The third-order valence-electron chi connectivity index (χ3n) is 2.83. The number of carbonyl (C=O) groups is 1. The zero-order chi connectivity index (χ0) is 15.1. The van der Waals surface area contributed by atoms with Crippen molar-refractivity contribution in [3.63, 3.8) is 0 Å². The van der Waals surface area contributed by atoms with Gasteiger partial charge in [-0.3, -0.25) is 4.79 Å². The van der Waals surface area contributed by atoms with Gasteiger partial charge in [-0.2, -0.15) is 0 Å². The number of aryl methyl sites for hydroxylation is 1. The molecule has 0 fully saturated rings. The first-order chi connectivity index (χ1) is 10.2. The molecule has 0 bridgehead atoms. The smallest absolute Gasteiger partial charge is 0.191 e. The van der Waals surface area contributed by atoms with Crippen molar-refractivity contribution in [2.45, 2.75) is 18.1 Å². The third kappa shape index (κ3) is 4.64. The Kier molecular flexibility index (Phi) is 5.89. The molecule has 0 aliphatic rings. The number of rotatable bonds is 8. The molecule has 0 aliphatic heterocycles. The lowest BCUT2D eigenvalue weighted by Crippen LogP contribution is -2.06. The molecule has 0 atom stereocenters. The van der Waals surface area contributed by atoms with Crippen LogP contribution in [0.4, 0.5) is 4.39 Å². The molecule has 0 spiro atoms. The van der Waals surface area contributed by atoms with Crippen LogP contribution in [0.15, 0.2) is 35.7 Å². The molecule has 1 heterocycles. The van der Waals surface area contributed by atoms with E-state index in [-0.39, 0.29) is 17.4 Å². The second-order valence-electron chi connectivity index (χ2n) is 4.37. The summed E-state index contributed by atoms with van der Waals surface area (Å²) in [6.45, 7) is 1.41. The van der Waals surface area contributed by atoms with E-state index in [1.165, 1.54) is 36.0 Å². The highest BCUT2D eigenvalue weighted by atomic mass is 32.2. The molecule has 0 amide bonds. The van der Waals surface area contributed by atoms with E-state index < -0.39 is 0 Å². The molecule has 21 heavy (non-hydrogen) atoms. The van der Waals surface area contributed by atoms with Gasteiger partial charge in [-0.1, -0.05) is 11.8 Å². The number of ketones is 1. The molecule has 7 heteroatoms. The Morgan fingerprint density at radius 1 is 1.38 bits per heavy atom. The summed E-state index contributed by atoms with van der Waals surface area (Å²) < 4.78 is 19.7. The SMILES string of the molecule is COCCCn1cnnc1SCC(=O)c1ccc(F)cc1. The number of ether oxygens (including phenoxy) is 1. The van der Waals surface area contributed by atoms with Crippen molar-refractivity contribution in [3.8, 4) is 0 Å². The third-order valence-corrected chi connectivity index (χ3v) is 3.81. The van der Waals surface area contributed by atoms with Crippen molar-refractivity contribution in [2.24, 2.45) is 0 Å². The minimum Gasteiger partial charge on any atom is -0.385 e. The topological polar surface area (TPSA) is 57.0 Å². The highest BCUT2D eigenvalue weighted by molar-refractivity contribution is 7.99. The van der Waals surface area contributed by atoms with Crippen LogP contribution in [-0.4, -0.2) is 40.0 Å². The maximum atomic E-state index is 12.8. The molecule has 1 aromatic carbocycles. The van der Waals surface area contributed by atoms with Gasteiger partial charge in [0.15, 0.2) is 10.9 Å². The Bertz CT molecular complexity index is 586. The summed E-state index contributed by atoms with van der Waals surface area (Å²) in [5, 5.41) is 8.55. The summed E-state index contributed by atoms with van der Waals surface area (Å²) in [6, 6.07) is 5.54. The molecule has 5 nitrogen and oxygen atoms in total. The molecule has 1 aromatic heterocycles. The number of hydrogen-bond donors (Lipinski definition) is 0. The highest BCUT2D eigenvalue weighted by Gasteiger charge is 2.10. The van der Waals surface area contributed by atoms with E-state index in [9.17, 15) is 9.18 Å². The van der Waals surface area contributed by atoms with Crippen molar-refractivity contribution in [3.05, 3.63) is 42.0 Å².